The molecule has 0 saturated heterocycles. The van der Waals surface area contributed by atoms with Crippen LogP contribution in [0.4, 0.5) is 0 Å². The minimum atomic E-state index is 0.243. The second kappa shape index (κ2) is 12.1. The average Bonchev–Trinajstić information content (AvgIpc) is 2.81. The number of aryl methyl sites for hydroxylation is 1. The van der Waals surface area contributed by atoms with Crippen LogP contribution in [0.5, 0.6) is 5.75 Å². The van der Waals surface area contributed by atoms with Gasteiger partial charge in [0.2, 0.25) is 0 Å². The number of benzene rings is 2. The van der Waals surface area contributed by atoms with E-state index in [1.54, 1.807) is 19.1 Å². The van der Waals surface area contributed by atoms with E-state index in [-0.39, 0.29) is 5.41 Å². The molecule has 3 rings (SSSR count). The molecule has 2 aromatic carbocycles. The molecule has 1 aliphatic carbocycles. The lowest BCUT2D eigenvalue weighted by Crippen LogP contribution is -2.39. The lowest BCUT2D eigenvalue weighted by Gasteiger charge is -2.41. The van der Waals surface area contributed by atoms with Crippen molar-refractivity contribution in [2.45, 2.75) is 61.7 Å². The smallest absolute Gasteiger partial charge is 0.119 e. The highest BCUT2D eigenvalue weighted by Crippen LogP contribution is 2.43. The SMILES string of the molecule is COc1cccc(C2(CNSC)CCC(CCCCc3ccc(SC)cc3)CC2)c1. The number of nitrogens with one attached hydrogen (secondary N) is 1. The third kappa shape index (κ3) is 6.45. The van der Waals surface area contributed by atoms with Crippen LogP contribution in [0.2, 0.25) is 0 Å². The molecular formula is C26H37NOS2. The van der Waals surface area contributed by atoms with Crippen LogP contribution in [0, 0.1) is 5.92 Å². The Kier molecular flexibility index (Phi) is 9.48. The number of hydrogen-bond acceptors (Lipinski definition) is 4. The van der Waals surface area contributed by atoms with Gasteiger partial charge in [0.05, 0.1) is 7.11 Å². The second-order valence-electron chi connectivity index (χ2n) is 8.57. The largest absolute Gasteiger partial charge is 0.497 e. The van der Waals surface area contributed by atoms with Gasteiger partial charge in [-0.2, -0.15) is 0 Å². The third-order valence-electron chi connectivity index (χ3n) is 6.79. The Morgan fingerprint density at radius 2 is 1.80 bits per heavy atom. The van der Waals surface area contributed by atoms with Crippen molar-refractivity contribution in [3.63, 3.8) is 0 Å². The van der Waals surface area contributed by atoms with Crippen molar-refractivity contribution < 1.29 is 4.74 Å². The quantitative estimate of drug-likeness (QED) is 0.226. The standard InChI is InChI=1S/C26H37NOS2/c1-28-24-10-6-9-23(19-24)26(20-27-30-3)17-15-22(16-18-26)8-5-4-7-21-11-13-25(29-2)14-12-21/h6,9-14,19,22,27H,4-5,7-8,15-18,20H2,1-3H3. The summed E-state index contributed by atoms with van der Waals surface area (Å²) in [5.41, 5.74) is 3.17. The summed E-state index contributed by atoms with van der Waals surface area (Å²) in [5, 5.41) is 0. The van der Waals surface area contributed by atoms with Crippen LogP contribution in [0.1, 0.15) is 56.1 Å². The molecule has 1 N–H and O–H groups in total. The van der Waals surface area contributed by atoms with Crippen molar-refractivity contribution in [3.05, 3.63) is 59.7 Å². The summed E-state index contributed by atoms with van der Waals surface area (Å²) in [6.45, 7) is 1.04. The zero-order valence-corrected chi connectivity index (χ0v) is 20.4. The van der Waals surface area contributed by atoms with E-state index in [1.165, 1.54) is 67.4 Å². The first-order chi connectivity index (χ1) is 14.7. The van der Waals surface area contributed by atoms with Gasteiger partial charge < -0.3 is 4.74 Å². The van der Waals surface area contributed by atoms with E-state index in [1.807, 2.05) is 11.8 Å². The number of ether oxygens (including phenoxy) is 1. The Morgan fingerprint density at radius 1 is 1.03 bits per heavy atom. The van der Waals surface area contributed by atoms with Gasteiger partial charge in [0.25, 0.3) is 0 Å². The summed E-state index contributed by atoms with van der Waals surface area (Å²) in [5.74, 6) is 1.86. The Hall–Kier alpha value is -1.10. The van der Waals surface area contributed by atoms with Crippen molar-refractivity contribution in [2.75, 3.05) is 26.2 Å². The second-order valence-corrected chi connectivity index (χ2v) is 10.2. The van der Waals surface area contributed by atoms with Crippen LogP contribution in [-0.4, -0.2) is 26.2 Å². The number of methoxy groups -OCH3 is 1. The Bertz CT molecular complexity index is 754. The molecule has 0 spiro atoms. The van der Waals surface area contributed by atoms with Crippen LogP contribution >= 0.6 is 23.7 Å². The highest BCUT2D eigenvalue weighted by atomic mass is 32.2. The van der Waals surface area contributed by atoms with E-state index in [4.69, 9.17) is 4.74 Å². The van der Waals surface area contributed by atoms with E-state index in [0.29, 0.717) is 0 Å². The maximum Gasteiger partial charge on any atom is 0.119 e. The van der Waals surface area contributed by atoms with E-state index in [0.717, 1.165) is 18.2 Å². The molecule has 1 aliphatic rings. The van der Waals surface area contributed by atoms with Gasteiger partial charge in [0.15, 0.2) is 0 Å². The Balaban J connectivity index is 1.49. The van der Waals surface area contributed by atoms with Crippen molar-refractivity contribution in [1.82, 2.24) is 4.72 Å². The molecule has 0 amide bonds. The van der Waals surface area contributed by atoms with Gasteiger partial charge in [0, 0.05) is 16.9 Å². The molecule has 0 radical (unpaired) electrons. The molecule has 1 fully saturated rings. The maximum absolute atomic E-state index is 5.50. The first-order valence-electron chi connectivity index (χ1n) is 11.2. The lowest BCUT2D eigenvalue weighted by atomic mass is 9.66. The number of thioether (sulfide) groups is 1. The van der Waals surface area contributed by atoms with E-state index < -0.39 is 0 Å². The predicted octanol–water partition coefficient (Wildman–Crippen LogP) is 7.13. The molecule has 0 heterocycles. The summed E-state index contributed by atoms with van der Waals surface area (Å²) in [4.78, 5) is 1.36. The summed E-state index contributed by atoms with van der Waals surface area (Å²) in [7, 11) is 1.76. The minimum Gasteiger partial charge on any atom is -0.497 e. The first kappa shape index (κ1) is 23.6. The van der Waals surface area contributed by atoms with E-state index in [2.05, 4.69) is 65.8 Å². The molecule has 30 heavy (non-hydrogen) atoms. The van der Waals surface area contributed by atoms with Gasteiger partial charge in [-0.3, -0.25) is 4.72 Å². The number of rotatable bonds is 11. The van der Waals surface area contributed by atoms with Crippen LogP contribution in [0.25, 0.3) is 0 Å². The highest BCUT2D eigenvalue weighted by molar-refractivity contribution is 7.98. The van der Waals surface area contributed by atoms with Crippen LogP contribution < -0.4 is 9.46 Å². The predicted molar refractivity (Wildman–Crippen MR) is 134 cm³/mol. The van der Waals surface area contributed by atoms with Crippen molar-refractivity contribution >= 4 is 23.7 Å². The zero-order valence-electron chi connectivity index (χ0n) is 18.8. The molecule has 0 aromatic heterocycles. The van der Waals surface area contributed by atoms with E-state index in [9.17, 15) is 0 Å². The molecule has 1 saturated carbocycles. The van der Waals surface area contributed by atoms with E-state index >= 15 is 0 Å². The Morgan fingerprint density at radius 3 is 2.47 bits per heavy atom. The van der Waals surface area contributed by atoms with Gasteiger partial charge in [0.1, 0.15) is 5.75 Å². The van der Waals surface area contributed by atoms with Gasteiger partial charge in [-0.1, -0.05) is 49.1 Å². The molecule has 0 unspecified atom stereocenters. The third-order valence-corrected chi connectivity index (χ3v) is 7.96. The highest BCUT2D eigenvalue weighted by Gasteiger charge is 2.36. The molecule has 0 atom stereocenters. The van der Waals surface area contributed by atoms with Gasteiger partial charge in [-0.15, -0.1) is 11.8 Å². The zero-order chi connectivity index (χ0) is 21.2. The fourth-order valence-electron chi connectivity index (χ4n) is 4.80. The molecule has 4 heteroatoms. The van der Waals surface area contributed by atoms with Crippen molar-refractivity contribution in [1.29, 1.82) is 0 Å². The fraction of sp³-hybridized carbons (Fsp3) is 0.538. The fourth-order valence-corrected chi connectivity index (χ4v) is 5.63. The van der Waals surface area contributed by atoms with Crippen molar-refractivity contribution in [2.24, 2.45) is 5.92 Å². The summed E-state index contributed by atoms with van der Waals surface area (Å²) in [6.07, 6.45) is 14.8. The first-order valence-corrected chi connectivity index (χ1v) is 13.7. The van der Waals surface area contributed by atoms with Gasteiger partial charge >= 0.3 is 0 Å². The van der Waals surface area contributed by atoms with Crippen molar-refractivity contribution in [3.8, 4) is 5.75 Å². The average molecular weight is 444 g/mol. The normalized spacial score (nSPS) is 21.5. The number of hydrogen-bond donors (Lipinski definition) is 1. The summed E-state index contributed by atoms with van der Waals surface area (Å²) >= 11 is 3.55. The topological polar surface area (TPSA) is 21.3 Å². The van der Waals surface area contributed by atoms with Gasteiger partial charge in [-0.05, 0) is 92.3 Å². The number of unbranched alkanes of at least 4 members (excludes halogenated alkanes) is 1. The molecule has 0 aliphatic heterocycles. The molecule has 2 aromatic rings. The lowest BCUT2D eigenvalue weighted by molar-refractivity contribution is 0.220. The molecular weight excluding hydrogens is 406 g/mol. The summed E-state index contributed by atoms with van der Waals surface area (Å²) < 4.78 is 9.07. The van der Waals surface area contributed by atoms with Crippen LogP contribution in [-0.2, 0) is 11.8 Å². The monoisotopic (exact) mass is 443 g/mol. The molecule has 0 bridgehead atoms. The van der Waals surface area contributed by atoms with Crippen LogP contribution in [0.3, 0.4) is 0 Å². The minimum absolute atomic E-state index is 0.243. The van der Waals surface area contributed by atoms with Gasteiger partial charge in [-0.25, -0.2) is 0 Å². The molecule has 164 valence electrons. The maximum atomic E-state index is 5.50. The summed E-state index contributed by atoms with van der Waals surface area (Å²) in [6, 6.07) is 17.9. The molecule has 2 nitrogen and oxygen atoms in total. The van der Waals surface area contributed by atoms with Crippen LogP contribution in [0.15, 0.2) is 53.4 Å². The Labute approximate surface area is 192 Å².